The first-order valence-corrected chi connectivity index (χ1v) is 6.71. The summed E-state index contributed by atoms with van der Waals surface area (Å²) in [6, 6.07) is 0.694. The van der Waals surface area contributed by atoms with Gasteiger partial charge in [-0.05, 0) is 12.8 Å². The summed E-state index contributed by atoms with van der Waals surface area (Å²) in [7, 11) is -1.58. The Hall–Kier alpha value is 0.0569. The average Bonchev–Trinajstić information content (AvgIpc) is 2.09. The van der Waals surface area contributed by atoms with Gasteiger partial charge in [0, 0.05) is 19.3 Å². The average molecular weight is 206 g/mol. The Morgan fingerprint density at radius 1 is 1.08 bits per heavy atom. The zero-order valence-electron chi connectivity index (χ0n) is 8.66. The van der Waals surface area contributed by atoms with Crippen molar-refractivity contribution in [3.8, 4) is 0 Å². The van der Waals surface area contributed by atoms with Crippen molar-refractivity contribution in [1.82, 2.24) is 0 Å². The fourth-order valence-corrected chi connectivity index (χ4v) is 2.72. The van der Waals surface area contributed by atoms with Crippen molar-refractivity contribution in [3.63, 3.8) is 0 Å². The molecular weight excluding hydrogens is 184 g/mol. The van der Waals surface area contributed by atoms with E-state index in [2.05, 4.69) is 13.8 Å². The van der Waals surface area contributed by atoms with Crippen molar-refractivity contribution in [1.29, 1.82) is 0 Å². The summed E-state index contributed by atoms with van der Waals surface area (Å²) in [5.74, 6) is 0. The second-order valence-corrected chi connectivity index (χ2v) is 5.07. The lowest BCUT2D eigenvalue weighted by Gasteiger charge is -2.17. The molecule has 0 atom stereocenters. The maximum Gasteiger partial charge on any atom is 0.324 e. The van der Waals surface area contributed by atoms with Crippen molar-refractivity contribution >= 4 is 9.28 Å². The van der Waals surface area contributed by atoms with Gasteiger partial charge in [-0.1, -0.05) is 13.8 Å². The van der Waals surface area contributed by atoms with Gasteiger partial charge in [-0.15, -0.1) is 0 Å². The highest BCUT2D eigenvalue weighted by Crippen LogP contribution is 2.00. The van der Waals surface area contributed by atoms with Crippen LogP contribution in [0.25, 0.3) is 0 Å². The topological polar surface area (TPSA) is 70.5 Å². The molecule has 5 heteroatoms. The highest BCUT2D eigenvalue weighted by molar-refractivity contribution is 6.44. The fraction of sp³-hybridized carbons (Fsp3) is 1.00. The Balaban J connectivity index is 3.60. The maximum atomic E-state index is 5.56. The van der Waals surface area contributed by atoms with Gasteiger partial charge in [-0.2, -0.15) is 0 Å². The van der Waals surface area contributed by atoms with E-state index in [1.165, 1.54) is 0 Å². The Labute approximate surface area is 82.4 Å². The fourth-order valence-electron chi connectivity index (χ4n) is 0.905. The molecule has 0 rings (SSSR count). The zero-order chi connectivity index (χ0) is 10.1. The van der Waals surface area contributed by atoms with Crippen LogP contribution >= 0.6 is 0 Å². The molecule has 4 N–H and O–H groups in total. The van der Waals surface area contributed by atoms with E-state index >= 15 is 0 Å². The standard InChI is InChI=1S/C8H22N2O2Si/c1-3-5-11-13(7-8(9)10)12-6-4-2/h8,13H,3-7,9-10H2,1-2H3. The van der Waals surface area contributed by atoms with Crippen LogP contribution in [0, 0.1) is 0 Å². The monoisotopic (exact) mass is 206 g/mol. The summed E-state index contributed by atoms with van der Waals surface area (Å²) in [5.41, 5.74) is 11.0. The minimum atomic E-state index is -1.58. The van der Waals surface area contributed by atoms with Gasteiger partial charge < -0.3 is 20.3 Å². The molecule has 0 saturated carbocycles. The van der Waals surface area contributed by atoms with Crippen LogP contribution in [-0.4, -0.2) is 28.7 Å². The smallest absolute Gasteiger partial charge is 0.324 e. The van der Waals surface area contributed by atoms with Crippen LogP contribution in [-0.2, 0) is 8.85 Å². The van der Waals surface area contributed by atoms with E-state index in [0.717, 1.165) is 26.1 Å². The molecule has 0 unspecified atom stereocenters. The Bertz CT molecular complexity index is 106. The van der Waals surface area contributed by atoms with Crippen molar-refractivity contribution in [2.24, 2.45) is 11.5 Å². The van der Waals surface area contributed by atoms with Gasteiger partial charge in [0.25, 0.3) is 0 Å². The second-order valence-electron chi connectivity index (χ2n) is 3.07. The molecule has 0 radical (unpaired) electrons. The number of nitrogens with two attached hydrogens (primary N) is 2. The number of hydrogen-bond donors (Lipinski definition) is 2. The molecule has 4 nitrogen and oxygen atoms in total. The second kappa shape index (κ2) is 8.65. The van der Waals surface area contributed by atoms with Gasteiger partial charge >= 0.3 is 9.28 Å². The molecule has 0 aromatic carbocycles. The maximum absolute atomic E-state index is 5.56. The van der Waals surface area contributed by atoms with E-state index in [1.807, 2.05) is 0 Å². The summed E-state index contributed by atoms with van der Waals surface area (Å²) in [5, 5.41) is 0. The van der Waals surface area contributed by atoms with E-state index in [-0.39, 0.29) is 6.17 Å². The predicted molar refractivity (Wildman–Crippen MR) is 56.6 cm³/mol. The van der Waals surface area contributed by atoms with Gasteiger partial charge in [0.2, 0.25) is 0 Å². The summed E-state index contributed by atoms with van der Waals surface area (Å²) >= 11 is 0. The van der Waals surface area contributed by atoms with Gasteiger partial charge in [-0.25, -0.2) is 0 Å². The van der Waals surface area contributed by atoms with E-state index in [0.29, 0.717) is 6.04 Å². The molecule has 0 amide bonds. The Kier molecular flexibility index (Phi) is 8.68. The first kappa shape index (κ1) is 13.1. The third-order valence-corrected chi connectivity index (χ3v) is 3.62. The van der Waals surface area contributed by atoms with E-state index in [9.17, 15) is 0 Å². The zero-order valence-corrected chi connectivity index (χ0v) is 9.82. The van der Waals surface area contributed by atoms with Gasteiger partial charge in [0.05, 0.1) is 6.17 Å². The number of rotatable bonds is 8. The van der Waals surface area contributed by atoms with Crippen LogP contribution in [0.1, 0.15) is 26.7 Å². The summed E-state index contributed by atoms with van der Waals surface area (Å²) in [6.07, 6.45) is 1.72. The van der Waals surface area contributed by atoms with Crippen molar-refractivity contribution in [2.75, 3.05) is 13.2 Å². The lowest BCUT2D eigenvalue weighted by atomic mass is 10.5. The van der Waals surface area contributed by atoms with Gasteiger partial charge in [-0.3, -0.25) is 0 Å². The van der Waals surface area contributed by atoms with Crippen LogP contribution in [0.15, 0.2) is 0 Å². The van der Waals surface area contributed by atoms with Crippen molar-refractivity contribution in [2.45, 2.75) is 38.9 Å². The van der Waals surface area contributed by atoms with Crippen LogP contribution < -0.4 is 11.5 Å². The van der Waals surface area contributed by atoms with Gasteiger partial charge in [0.1, 0.15) is 0 Å². The Morgan fingerprint density at radius 3 is 1.85 bits per heavy atom. The summed E-state index contributed by atoms with van der Waals surface area (Å²) in [6.45, 7) is 5.67. The molecule has 0 aliphatic rings. The molecule has 0 aliphatic carbocycles. The minimum absolute atomic E-state index is 0.301. The molecule has 0 saturated heterocycles. The van der Waals surface area contributed by atoms with E-state index in [1.54, 1.807) is 0 Å². The van der Waals surface area contributed by atoms with Crippen LogP contribution in [0.4, 0.5) is 0 Å². The molecule has 0 bridgehead atoms. The van der Waals surface area contributed by atoms with Crippen LogP contribution in [0.2, 0.25) is 6.04 Å². The largest absolute Gasteiger partial charge is 0.396 e. The highest BCUT2D eigenvalue weighted by atomic mass is 28.3. The van der Waals surface area contributed by atoms with Crippen LogP contribution in [0.3, 0.4) is 0 Å². The summed E-state index contributed by atoms with van der Waals surface area (Å²) < 4.78 is 11.1. The molecular formula is C8H22N2O2Si. The van der Waals surface area contributed by atoms with Crippen molar-refractivity contribution in [3.05, 3.63) is 0 Å². The molecule has 0 aromatic heterocycles. The molecule has 80 valence electrons. The molecule has 0 aromatic rings. The quantitative estimate of drug-likeness (QED) is 0.443. The molecule has 0 fully saturated rings. The third-order valence-electron chi connectivity index (χ3n) is 1.48. The molecule has 0 heterocycles. The SMILES string of the molecule is CCCO[SiH](CC(N)N)OCCC. The van der Waals surface area contributed by atoms with Crippen molar-refractivity contribution < 1.29 is 8.85 Å². The molecule has 0 spiro atoms. The molecule has 13 heavy (non-hydrogen) atoms. The highest BCUT2D eigenvalue weighted by Gasteiger charge is 2.14. The summed E-state index contributed by atoms with van der Waals surface area (Å²) in [4.78, 5) is 0. The Morgan fingerprint density at radius 2 is 1.54 bits per heavy atom. The van der Waals surface area contributed by atoms with E-state index < -0.39 is 9.28 Å². The third kappa shape index (κ3) is 8.39. The van der Waals surface area contributed by atoms with Gasteiger partial charge in [0.15, 0.2) is 0 Å². The molecule has 0 aliphatic heterocycles. The number of hydrogen-bond acceptors (Lipinski definition) is 4. The minimum Gasteiger partial charge on any atom is -0.396 e. The predicted octanol–water partition coefficient (Wildman–Crippen LogP) is 0.304. The normalized spacial score (nSPS) is 11.5. The van der Waals surface area contributed by atoms with E-state index in [4.69, 9.17) is 20.3 Å². The lowest BCUT2D eigenvalue weighted by molar-refractivity contribution is 0.194. The first-order valence-electron chi connectivity index (χ1n) is 4.95. The lowest BCUT2D eigenvalue weighted by Crippen LogP contribution is -2.38. The first-order chi connectivity index (χ1) is 6.20. The van der Waals surface area contributed by atoms with Crippen LogP contribution in [0.5, 0.6) is 0 Å².